The Bertz CT molecular complexity index is 653. The predicted octanol–water partition coefficient (Wildman–Crippen LogP) is 2.61. The lowest BCUT2D eigenvalue weighted by Crippen LogP contribution is -2.39. The van der Waals surface area contributed by atoms with Gasteiger partial charge in [-0.3, -0.25) is 4.79 Å². The molecule has 0 aliphatic carbocycles. The summed E-state index contributed by atoms with van der Waals surface area (Å²) in [6.07, 6.45) is 0.179. The molecule has 0 aliphatic heterocycles. The molecule has 2 rings (SSSR count). The smallest absolute Gasteiger partial charge is 0.224 e. The van der Waals surface area contributed by atoms with Crippen molar-refractivity contribution in [2.24, 2.45) is 0 Å². The molecular weight excluding hydrogens is 302 g/mol. The van der Waals surface area contributed by atoms with Gasteiger partial charge in [-0.15, -0.1) is 0 Å². The van der Waals surface area contributed by atoms with E-state index in [1.165, 1.54) is 12.1 Å². The predicted molar refractivity (Wildman–Crippen MR) is 85.8 cm³/mol. The molecular formula is C17H18ClNO3. The minimum atomic E-state index is -1.25. The van der Waals surface area contributed by atoms with Crippen LogP contribution in [0.25, 0.3) is 0 Å². The summed E-state index contributed by atoms with van der Waals surface area (Å²) < 4.78 is 0. The number of aromatic hydroxyl groups is 1. The Morgan fingerprint density at radius 3 is 2.45 bits per heavy atom. The molecule has 0 fully saturated rings. The van der Waals surface area contributed by atoms with Gasteiger partial charge in [-0.05, 0) is 30.7 Å². The van der Waals surface area contributed by atoms with Crippen molar-refractivity contribution in [3.63, 3.8) is 0 Å². The summed E-state index contributed by atoms with van der Waals surface area (Å²) >= 11 is 6.07. The first kappa shape index (κ1) is 16.3. The first-order valence-corrected chi connectivity index (χ1v) is 7.28. The molecule has 0 aliphatic rings. The summed E-state index contributed by atoms with van der Waals surface area (Å²) in [4.78, 5) is 11.9. The summed E-state index contributed by atoms with van der Waals surface area (Å²) in [6.45, 7) is 1.67. The zero-order chi connectivity index (χ0) is 16.2. The van der Waals surface area contributed by atoms with Crippen molar-refractivity contribution in [3.05, 3.63) is 64.7 Å². The van der Waals surface area contributed by atoms with Crippen molar-refractivity contribution in [2.75, 3.05) is 6.54 Å². The van der Waals surface area contributed by atoms with Gasteiger partial charge in [0.1, 0.15) is 11.4 Å². The van der Waals surface area contributed by atoms with Crippen LogP contribution < -0.4 is 5.32 Å². The van der Waals surface area contributed by atoms with E-state index in [1.54, 1.807) is 43.3 Å². The van der Waals surface area contributed by atoms with Gasteiger partial charge in [-0.25, -0.2) is 0 Å². The molecule has 4 nitrogen and oxygen atoms in total. The molecule has 3 N–H and O–H groups in total. The first-order valence-electron chi connectivity index (χ1n) is 6.90. The third-order valence-electron chi connectivity index (χ3n) is 3.38. The van der Waals surface area contributed by atoms with Crippen molar-refractivity contribution in [3.8, 4) is 5.75 Å². The number of hydrogen-bond acceptors (Lipinski definition) is 3. The molecule has 1 atom stereocenters. The van der Waals surface area contributed by atoms with Crippen LogP contribution in [0, 0.1) is 0 Å². The van der Waals surface area contributed by atoms with Gasteiger partial charge in [0, 0.05) is 10.6 Å². The number of phenols is 1. The summed E-state index contributed by atoms with van der Waals surface area (Å²) in [5, 5.41) is 22.9. The zero-order valence-electron chi connectivity index (χ0n) is 12.2. The fraction of sp³-hybridized carbons (Fsp3) is 0.235. The lowest BCUT2D eigenvalue weighted by atomic mass is 9.96. The van der Waals surface area contributed by atoms with Gasteiger partial charge in [0.2, 0.25) is 5.91 Å². The number of carbonyl (C=O) groups excluding carboxylic acids is 1. The maximum Gasteiger partial charge on any atom is 0.224 e. The molecule has 0 bridgehead atoms. The quantitative estimate of drug-likeness (QED) is 0.793. The molecule has 0 saturated heterocycles. The maximum atomic E-state index is 11.9. The van der Waals surface area contributed by atoms with E-state index < -0.39 is 5.60 Å². The zero-order valence-corrected chi connectivity index (χ0v) is 13.0. The standard InChI is InChI=1S/C17H18ClNO3/c1-17(22,14-4-2-3-5-15(14)18)11-19-16(21)10-12-6-8-13(20)9-7-12/h2-9,20,22H,10-11H2,1H3,(H,19,21)/t17-/m0/s1. The molecule has 22 heavy (non-hydrogen) atoms. The van der Waals surface area contributed by atoms with Crippen molar-refractivity contribution in [1.82, 2.24) is 5.32 Å². The number of amides is 1. The molecule has 1 amide bonds. The number of aliphatic hydroxyl groups is 1. The highest BCUT2D eigenvalue weighted by Gasteiger charge is 2.26. The Balaban J connectivity index is 1.95. The van der Waals surface area contributed by atoms with E-state index in [-0.39, 0.29) is 24.6 Å². The molecule has 0 unspecified atom stereocenters. The molecule has 0 heterocycles. The third kappa shape index (κ3) is 4.23. The van der Waals surface area contributed by atoms with Gasteiger partial charge < -0.3 is 15.5 Å². The Labute approximate surface area is 134 Å². The molecule has 0 aromatic heterocycles. The molecule has 5 heteroatoms. The van der Waals surface area contributed by atoms with Crippen LogP contribution in [-0.2, 0) is 16.8 Å². The van der Waals surface area contributed by atoms with E-state index in [0.717, 1.165) is 5.56 Å². The fourth-order valence-corrected chi connectivity index (χ4v) is 2.46. The van der Waals surface area contributed by atoms with E-state index in [2.05, 4.69) is 5.32 Å². The first-order chi connectivity index (χ1) is 10.4. The van der Waals surface area contributed by atoms with Crippen LogP contribution in [0.4, 0.5) is 0 Å². The minimum absolute atomic E-state index is 0.0631. The monoisotopic (exact) mass is 319 g/mol. The van der Waals surface area contributed by atoms with Gasteiger partial charge in [-0.1, -0.05) is 41.9 Å². The normalized spacial score (nSPS) is 13.4. The second kappa shape index (κ2) is 6.81. The van der Waals surface area contributed by atoms with Gasteiger partial charge in [0.25, 0.3) is 0 Å². The number of halogens is 1. The Kier molecular flexibility index (Phi) is 5.06. The van der Waals surface area contributed by atoms with Crippen LogP contribution in [0.15, 0.2) is 48.5 Å². The molecule has 2 aromatic carbocycles. The summed E-state index contributed by atoms with van der Waals surface area (Å²) in [5.41, 5.74) is 0.109. The summed E-state index contributed by atoms with van der Waals surface area (Å²) in [7, 11) is 0. The molecule has 0 radical (unpaired) electrons. The molecule has 2 aromatic rings. The van der Waals surface area contributed by atoms with E-state index >= 15 is 0 Å². The topological polar surface area (TPSA) is 69.6 Å². The lowest BCUT2D eigenvalue weighted by Gasteiger charge is -2.25. The third-order valence-corrected chi connectivity index (χ3v) is 3.71. The van der Waals surface area contributed by atoms with Crippen LogP contribution in [0.1, 0.15) is 18.1 Å². The number of rotatable bonds is 5. The van der Waals surface area contributed by atoms with Crippen LogP contribution >= 0.6 is 11.6 Å². The van der Waals surface area contributed by atoms with E-state index in [9.17, 15) is 15.0 Å². The highest BCUT2D eigenvalue weighted by molar-refractivity contribution is 6.31. The van der Waals surface area contributed by atoms with Gasteiger partial charge in [0.05, 0.1) is 13.0 Å². The van der Waals surface area contributed by atoms with Crippen molar-refractivity contribution >= 4 is 17.5 Å². The number of benzene rings is 2. The Morgan fingerprint density at radius 2 is 1.82 bits per heavy atom. The Morgan fingerprint density at radius 1 is 1.18 bits per heavy atom. The summed E-state index contributed by atoms with van der Waals surface area (Å²) in [6, 6.07) is 13.4. The largest absolute Gasteiger partial charge is 0.508 e. The van der Waals surface area contributed by atoms with Gasteiger partial charge in [-0.2, -0.15) is 0 Å². The van der Waals surface area contributed by atoms with Crippen molar-refractivity contribution in [1.29, 1.82) is 0 Å². The number of carbonyl (C=O) groups is 1. The summed E-state index contributed by atoms with van der Waals surface area (Å²) in [5.74, 6) is -0.0520. The highest BCUT2D eigenvalue weighted by Crippen LogP contribution is 2.27. The molecule has 0 spiro atoms. The SMILES string of the molecule is C[C@](O)(CNC(=O)Cc1ccc(O)cc1)c1ccccc1Cl. The number of phenolic OH excluding ortho intramolecular Hbond substituents is 1. The molecule has 116 valence electrons. The van der Waals surface area contributed by atoms with Gasteiger partial charge in [0.15, 0.2) is 0 Å². The van der Waals surface area contributed by atoms with Crippen molar-refractivity contribution in [2.45, 2.75) is 18.9 Å². The van der Waals surface area contributed by atoms with Crippen molar-refractivity contribution < 1.29 is 15.0 Å². The van der Waals surface area contributed by atoms with E-state index in [1.807, 2.05) is 0 Å². The second-order valence-electron chi connectivity index (χ2n) is 5.37. The Hall–Kier alpha value is -2.04. The van der Waals surface area contributed by atoms with Crippen LogP contribution in [-0.4, -0.2) is 22.7 Å². The minimum Gasteiger partial charge on any atom is -0.508 e. The average molecular weight is 320 g/mol. The van der Waals surface area contributed by atoms with E-state index in [0.29, 0.717) is 10.6 Å². The second-order valence-corrected chi connectivity index (χ2v) is 5.78. The lowest BCUT2D eigenvalue weighted by molar-refractivity contribution is -0.121. The fourth-order valence-electron chi connectivity index (χ4n) is 2.13. The van der Waals surface area contributed by atoms with Crippen LogP contribution in [0.5, 0.6) is 5.75 Å². The van der Waals surface area contributed by atoms with E-state index in [4.69, 9.17) is 11.6 Å². The van der Waals surface area contributed by atoms with Crippen LogP contribution in [0.3, 0.4) is 0 Å². The maximum absolute atomic E-state index is 11.9. The molecule has 0 saturated carbocycles. The van der Waals surface area contributed by atoms with Gasteiger partial charge >= 0.3 is 0 Å². The average Bonchev–Trinajstić information content (AvgIpc) is 2.48. The number of nitrogens with one attached hydrogen (secondary N) is 1. The highest BCUT2D eigenvalue weighted by atomic mass is 35.5. The number of hydrogen-bond donors (Lipinski definition) is 3. The van der Waals surface area contributed by atoms with Crippen LogP contribution in [0.2, 0.25) is 5.02 Å².